The molecule has 0 aromatic heterocycles. The highest BCUT2D eigenvalue weighted by atomic mass is 16.5. The van der Waals surface area contributed by atoms with Crippen LogP contribution in [0.15, 0.2) is 24.3 Å². The highest BCUT2D eigenvalue weighted by Gasteiger charge is 2.30. The van der Waals surface area contributed by atoms with E-state index >= 15 is 0 Å². The zero-order chi connectivity index (χ0) is 10.6. The Hall–Kier alpha value is -0.680. The van der Waals surface area contributed by atoms with Crippen LogP contribution in [0.1, 0.15) is 6.42 Å². The van der Waals surface area contributed by atoms with Gasteiger partial charge in [0.25, 0.3) is 0 Å². The lowest BCUT2D eigenvalue weighted by molar-refractivity contribution is -0.0711. The summed E-state index contributed by atoms with van der Waals surface area (Å²) in [5, 5.41) is 27.9. The van der Waals surface area contributed by atoms with E-state index in [-0.39, 0.29) is 6.61 Å². The van der Waals surface area contributed by atoms with Crippen molar-refractivity contribution in [2.24, 2.45) is 0 Å². The Balaban J connectivity index is 2.64. The third-order valence-corrected chi connectivity index (χ3v) is 2.21. The van der Waals surface area contributed by atoms with Crippen LogP contribution in [0, 0.1) is 0 Å². The normalized spacial score (nSPS) is 32.5. The number of ether oxygens (including phenoxy) is 1. The van der Waals surface area contributed by atoms with E-state index in [1.54, 1.807) is 12.2 Å². The van der Waals surface area contributed by atoms with Crippen molar-refractivity contribution in [1.82, 2.24) is 0 Å². The number of hydrogen-bond donors (Lipinski definition) is 3. The van der Waals surface area contributed by atoms with Crippen LogP contribution in [-0.2, 0) is 4.74 Å². The second-order valence-corrected chi connectivity index (χ2v) is 3.33. The Kier molecular flexibility index (Phi) is 4.28. The molecule has 0 aromatic rings. The molecule has 1 aliphatic carbocycles. The maximum absolute atomic E-state index is 9.54. The number of hydrogen-bond acceptors (Lipinski definition) is 4. The van der Waals surface area contributed by atoms with Gasteiger partial charge in [0.15, 0.2) is 0 Å². The van der Waals surface area contributed by atoms with Gasteiger partial charge in [-0.2, -0.15) is 0 Å². The standard InChI is InChI=1S/C10H16O4/c1-2-3-14-9-5-7(6-11)4-8(12)10(9)13/h2,5,8-13H,1,3-4,6H2/t8-,9+,10-/m1/s1. The fourth-order valence-corrected chi connectivity index (χ4v) is 1.45. The molecule has 0 aromatic carbocycles. The minimum Gasteiger partial charge on any atom is -0.392 e. The van der Waals surface area contributed by atoms with E-state index in [0.717, 1.165) is 0 Å². The van der Waals surface area contributed by atoms with Crippen molar-refractivity contribution in [2.75, 3.05) is 13.2 Å². The van der Waals surface area contributed by atoms with Crippen molar-refractivity contribution in [3.8, 4) is 0 Å². The second-order valence-electron chi connectivity index (χ2n) is 3.33. The lowest BCUT2D eigenvalue weighted by atomic mass is 9.92. The Morgan fingerprint density at radius 1 is 1.57 bits per heavy atom. The molecule has 0 aliphatic heterocycles. The molecule has 3 N–H and O–H groups in total. The number of rotatable bonds is 4. The maximum Gasteiger partial charge on any atom is 0.110 e. The van der Waals surface area contributed by atoms with Gasteiger partial charge in [0.2, 0.25) is 0 Å². The van der Waals surface area contributed by atoms with Gasteiger partial charge in [-0.3, -0.25) is 0 Å². The molecule has 0 bridgehead atoms. The first-order valence-corrected chi connectivity index (χ1v) is 4.58. The molecule has 80 valence electrons. The third-order valence-electron chi connectivity index (χ3n) is 2.21. The fraction of sp³-hybridized carbons (Fsp3) is 0.600. The van der Waals surface area contributed by atoms with Crippen molar-refractivity contribution in [1.29, 1.82) is 0 Å². The summed E-state index contributed by atoms with van der Waals surface area (Å²) in [5.41, 5.74) is 0.692. The molecular weight excluding hydrogens is 184 g/mol. The van der Waals surface area contributed by atoms with E-state index in [9.17, 15) is 10.2 Å². The van der Waals surface area contributed by atoms with Crippen LogP contribution in [0.4, 0.5) is 0 Å². The lowest BCUT2D eigenvalue weighted by Gasteiger charge is -2.30. The smallest absolute Gasteiger partial charge is 0.110 e. The van der Waals surface area contributed by atoms with Crippen LogP contribution in [-0.4, -0.2) is 46.8 Å². The van der Waals surface area contributed by atoms with Crippen LogP contribution in [0.3, 0.4) is 0 Å². The molecule has 0 fully saturated rings. The van der Waals surface area contributed by atoms with E-state index < -0.39 is 18.3 Å². The first-order valence-electron chi connectivity index (χ1n) is 4.58. The summed E-state index contributed by atoms with van der Waals surface area (Å²) < 4.78 is 5.23. The van der Waals surface area contributed by atoms with Gasteiger partial charge in [0.1, 0.15) is 12.2 Å². The van der Waals surface area contributed by atoms with E-state index in [1.165, 1.54) is 0 Å². The highest BCUT2D eigenvalue weighted by molar-refractivity contribution is 5.14. The molecule has 4 nitrogen and oxygen atoms in total. The summed E-state index contributed by atoms with van der Waals surface area (Å²) in [6, 6.07) is 0. The van der Waals surface area contributed by atoms with Gasteiger partial charge in [-0.1, -0.05) is 12.2 Å². The molecule has 3 atom stereocenters. The summed E-state index contributed by atoms with van der Waals surface area (Å²) in [5.74, 6) is 0. The molecule has 0 saturated carbocycles. The van der Waals surface area contributed by atoms with Crippen molar-refractivity contribution < 1.29 is 20.1 Å². The maximum atomic E-state index is 9.54. The van der Waals surface area contributed by atoms with Gasteiger partial charge >= 0.3 is 0 Å². The summed E-state index contributed by atoms with van der Waals surface area (Å²) in [4.78, 5) is 0. The zero-order valence-electron chi connectivity index (χ0n) is 7.97. The zero-order valence-corrected chi connectivity index (χ0v) is 7.97. The van der Waals surface area contributed by atoms with Crippen LogP contribution in [0.2, 0.25) is 0 Å². The lowest BCUT2D eigenvalue weighted by Crippen LogP contribution is -2.41. The monoisotopic (exact) mass is 200 g/mol. The van der Waals surface area contributed by atoms with Gasteiger partial charge in [0, 0.05) is 0 Å². The third kappa shape index (κ3) is 2.65. The van der Waals surface area contributed by atoms with Gasteiger partial charge in [-0.25, -0.2) is 0 Å². The van der Waals surface area contributed by atoms with Crippen LogP contribution in [0.5, 0.6) is 0 Å². The molecular formula is C10H16O4. The van der Waals surface area contributed by atoms with E-state index in [1.807, 2.05) is 0 Å². The number of aliphatic hydroxyl groups is 3. The highest BCUT2D eigenvalue weighted by Crippen LogP contribution is 2.21. The van der Waals surface area contributed by atoms with Crippen LogP contribution in [0.25, 0.3) is 0 Å². The van der Waals surface area contributed by atoms with Crippen molar-refractivity contribution in [3.05, 3.63) is 24.3 Å². The molecule has 0 heterocycles. The summed E-state index contributed by atoms with van der Waals surface area (Å²) in [6.07, 6.45) is 1.17. The van der Waals surface area contributed by atoms with Crippen molar-refractivity contribution in [2.45, 2.75) is 24.7 Å². The van der Waals surface area contributed by atoms with E-state index in [2.05, 4.69) is 6.58 Å². The SMILES string of the molecule is C=CCO[C@H]1C=C(CO)C[C@@H](O)[C@H]1O. The first-order chi connectivity index (χ1) is 6.69. The predicted octanol–water partition coefficient (Wildman–Crippen LogP) is -0.398. The van der Waals surface area contributed by atoms with Crippen LogP contribution < -0.4 is 0 Å². The van der Waals surface area contributed by atoms with Gasteiger partial charge in [-0.15, -0.1) is 6.58 Å². The Morgan fingerprint density at radius 3 is 2.86 bits per heavy atom. The first kappa shape index (κ1) is 11.4. The fourth-order valence-electron chi connectivity index (χ4n) is 1.45. The summed E-state index contributed by atoms with van der Waals surface area (Å²) in [7, 11) is 0. The molecule has 1 rings (SSSR count). The molecule has 0 spiro atoms. The molecule has 0 saturated heterocycles. The minimum atomic E-state index is -0.926. The molecule has 14 heavy (non-hydrogen) atoms. The van der Waals surface area contributed by atoms with Crippen molar-refractivity contribution in [3.63, 3.8) is 0 Å². The second kappa shape index (κ2) is 5.26. The van der Waals surface area contributed by atoms with E-state index in [0.29, 0.717) is 18.6 Å². The quantitative estimate of drug-likeness (QED) is 0.540. The Labute approximate surface area is 83.1 Å². The number of aliphatic hydroxyl groups excluding tert-OH is 3. The molecule has 4 heteroatoms. The summed E-state index contributed by atoms with van der Waals surface area (Å²) >= 11 is 0. The average Bonchev–Trinajstić information content (AvgIpc) is 2.20. The largest absolute Gasteiger partial charge is 0.392 e. The van der Waals surface area contributed by atoms with E-state index in [4.69, 9.17) is 9.84 Å². The summed E-state index contributed by atoms with van der Waals surface area (Å²) in [6.45, 7) is 3.68. The minimum absolute atomic E-state index is 0.113. The average molecular weight is 200 g/mol. The van der Waals surface area contributed by atoms with Gasteiger partial charge < -0.3 is 20.1 Å². The Morgan fingerprint density at radius 2 is 2.29 bits per heavy atom. The van der Waals surface area contributed by atoms with Gasteiger partial charge in [0.05, 0.1) is 19.3 Å². The Bertz CT molecular complexity index is 224. The van der Waals surface area contributed by atoms with Gasteiger partial charge in [-0.05, 0) is 12.0 Å². The van der Waals surface area contributed by atoms with Crippen LogP contribution >= 0.6 is 0 Å². The van der Waals surface area contributed by atoms with Crippen molar-refractivity contribution >= 4 is 0 Å². The predicted molar refractivity (Wildman–Crippen MR) is 51.7 cm³/mol. The molecule has 1 aliphatic rings. The topological polar surface area (TPSA) is 69.9 Å². The molecule has 0 amide bonds. The molecule has 0 radical (unpaired) electrons. The molecule has 0 unspecified atom stereocenters.